The second-order valence-electron chi connectivity index (χ2n) is 7.70. The third-order valence-electron chi connectivity index (χ3n) is 4.32. The molecule has 0 fully saturated rings. The van der Waals surface area contributed by atoms with Crippen LogP contribution in [0.15, 0.2) is 30.6 Å². The van der Waals surface area contributed by atoms with Crippen molar-refractivity contribution in [3.8, 4) is 23.0 Å². The van der Waals surface area contributed by atoms with E-state index in [2.05, 4.69) is 46.4 Å². The molecule has 0 saturated heterocycles. The number of anilines is 2. The molecule has 1 heterocycles. The number of nitrogens with one attached hydrogen (secondary N) is 1. The van der Waals surface area contributed by atoms with Crippen LogP contribution in [0.5, 0.6) is 11.5 Å². The first-order valence-electron chi connectivity index (χ1n) is 9.19. The number of fused-ring (bicyclic) bond motifs is 1. The minimum absolute atomic E-state index is 0.613. The Labute approximate surface area is 177 Å². The topological polar surface area (TPSA) is 56.3 Å². The lowest BCUT2D eigenvalue weighted by molar-refractivity contribution is 0.356. The predicted octanol–water partition coefficient (Wildman–Crippen LogP) is 5.58. The van der Waals surface area contributed by atoms with Gasteiger partial charge in [-0.15, -0.1) is 5.54 Å². The van der Waals surface area contributed by atoms with Crippen LogP contribution in [0.3, 0.4) is 0 Å². The Hall–Kier alpha value is -2.75. The van der Waals surface area contributed by atoms with Gasteiger partial charge in [0.15, 0.2) is 11.5 Å². The SMILES string of the molecule is COc1cc2ncnc(Nc3cc(C#C[Si](C)(C)C)cc(Cl)c3C)c2cc1OC. The van der Waals surface area contributed by atoms with Crippen molar-refractivity contribution in [3.63, 3.8) is 0 Å². The predicted molar refractivity (Wildman–Crippen MR) is 122 cm³/mol. The normalized spacial score (nSPS) is 11.0. The molecule has 0 aliphatic heterocycles. The van der Waals surface area contributed by atoms with E-state index < -0.39 is 8.07 Å². The van der Waals surface area contributed by atoms with Crippen molar-refractivity contribution in [2.75, 3.05) is 19.5 Å². The summed E-state index contributed by atoms with van der Waals surface area (Å²) in [5, 5.41) is 4.87. The summed E-state index contributed by atoms with van der Waals surface area (Å²) in [4.78, 5) is 8.78. The molecule has 0 spiro atoms. The van der Waals surface area contributed by atoms with Gasteiger partial charge >= 0.3 is 0 Å². The monoisotopic (exact) mass is 425 g/mol. The summed E-state index contributed by atoms with van der Waals surface area (Å²) in [5.41, 5.74) is 6.79. The molecule has 0 aliphatic rings. The number of rotatable bonds is 4. The van der Waals surface area contributed by atoms with Crippen LogP contribution in [-0.4, -0.2) is 32.3 Å². The summed E-state index contributed by atoms with van der Waals surface area (Å²) in [5.74, 6) is 5.16. The van der Waals surface area contributed by atoms with Crippen molar-refractivity contribution in [2.24, 2.45) is 0 Å². The molecule has 0 unspecified atom stereocenters. The molecule has 1 aromatic heterocycles. The highest BCUT2D eigenvalue weighted by Crippen LogP contribution is 2.35. The zero-order valence-corrected chi connectivity index (χ0v) is 19.2. The molecule has 0 amide bonds. The van der Waals surface area contributed by atoms with Crippen molar-refractivity contribution in [2.45, 2.75) is 26.6 Å². The number of nitrogens with zero attached hydrogens (tertiary/aromatic N) is 2. The molecule has 2 aromatic carbocycles. The Morgan fingerprint density at radius 3 is 2.34 bits per heavy atom. The first kappa shape index (κ1) is 21.0. The molecule has 0 saturated carbocycles. The quantitative estimate of drug-likeness (QED) is 0.436. The summed E-state index contributed by atoms with van der Waals surface area (Å²) >= 11 is 6.47. The molecule has 1 N–H and O–H groups in total. The molecule has 7 heteroatoms. The van der Waals surface area contributed by atoms with Gasteiger partial charge in [0.05, 0.1) is 19.7 Å². The Kier molecular flexibility index (Phi) is 6.01. The standard InChI is InChI=1S/C22H24ClN3O2Si/c1-14-17(23)9-15(7-8-29(4,5)6)10-18(14)26-22-16-11-20(27-2)21(28-3)12-19(16)24-13-25-22/h9-13H,1-6H3,(H,24,25,26). The molecule has 0 aliphatic carbocycles. The zero-order valence-electron chi connectivity index (χ0n) is 17.5. The van der Waals surface area contributed by atoms with Gasteiger partial charge in [-0.3, -0.25) is 0 Å². The van der Waals surface area contributed by atoms with Crippen LogP contribution in [0.2, 0.25) is 24.7 Å². The Balaban J connectivity index is 2.09. The summed E-state index contributed by atoms with van der Waals surface area (Å²) in [6.07, 6.45) is 1.52. The van der Waals surface area contributed by atoms with Crippen LogP contribution in [0.4, 0.5) is 11.5 Å². The van der Waals surface area contributed by atoms with E-state index >= 15 is 0 Å². The Bertz CT molecular complexity index is 1130. The van der Waals surface area contributed by atoms with Crippen molar-refractivity contribution in [3.05, 3.63) is 46.7 Å². The van der Waals surface area contributed by atoms with Gasteiger partial charge in [-0.05, 0) is 30.7 Å². The lowest BCUT2D eigenvalue weighted by atomic mass is 10.1. The second kappa shape index (κ2) is 8.32. The maximum absolute atomic E-state index is 6.47. The van der Waals surface area contributed by atoms with E-state index in [1.807, 2.05) is 31.2 Å². The summed E-state index contributed by atoms with van der Waals surface area (Å²) < 4.78 is 10.8. The number of aromatic nitrogens is 2. The van der Waals surface area contributed by atoms with Crippen molar-refractivity contribution in [1.29, 1.82) is 0 Å². The third-order valence-corrected chi connectivity index (χ3v) is 5.59. The minimum atomic E-state index is -1.49. The lowest BCUT2D eigenvalue weighted by Crippen LogP contribution is -2.16. The van der Waals surface area contributed by atoms with E-state index in [0.29, 0.717) is 22.3 Å². The molecule has 3 aromatic rings. The van der Waals surface area contributed by atoms with Crippen LogP contribution in [0, 0.1) is 18.4 Å². The Morgan fingerprint density at radius 2 is 1.69 bits per heavy atom. The Morgan fingerprint density at radius 1 is 1.00 bits per heavy atom. The average Bonchev–Trinajstić information content (AvgIpc) is 2.68. The van der Waals surface area contributed by atoms with Crippen molar-refractivity contribution >= 4 is 42.1 Å². The molecule has 150 valence electrons. The highest BCUT2D eigenvalue weighted by Gasteiger charge is 2.13. The smallest absolute Gasteiger partial charge is 0.162 e. The van der Waals surface area contributed by atoms with E-state index in [0.717, 1.165) is 27.7 Å². The molecule has 0 radical (unpaired) electrons. The molecular weight excluding hydrogens is 402 g/mol. The van der Waals surface area contributed by atoms with E-state index in [1.54, 1.807) is 14.2 Å². The minimum Gasteiger partial charge on any atom is -0.493 e. The van der Waals surface area contributed by atoms with Crippen LogP contribution < -0.4 is 14.8 Å². The first-order chi connectivity index (χ1) is 13.7. The van der Waals surface area contributed by atoms with Gasteiger partial charge in [-0.25, -0.2) is 9.97 Å². The van der Waals surface area contributed by atoms with Gasteiger partial charge in [-0.1, -0.05) is 37.2 Å². The molecule has 3 rings (SSSR count). The summed E-state index contributed by atoms with van der Waals surface area (Å²) in [6.45, 7) is 8.60. The lowest BCUT2D eigenvalue weighted by Gasteiger charge is -2.14. The van der Waals surface area contributed by atoms with Gasteiger partial charge in [0.1, 0.15) is 20.2 Å². The fraction of sp³-hybridized carbons (Fsp3) is 0.273. The van der Waals surface area contributed by atoms with Crippen molar-refractivity contribution < 1.29 is 9.47 Å². The highest BCUT2D eigenvalue weighted by molar-refractivity contribution is 6.83. The van der Waals surface area contributed by atoms with Gasteiger partial charge in [0, 0.05) is 27.7 Å². The third kappa shape index (κ3) is 4.81. The van der Waals surface area contributed by atoms with E-state index in [9.17, 15) is 0 Å². The summed E-state index contributed by atoms with van der Waals surface area (Å²) in [6, 6.07) is 7.60. The fourth-order valence-corrected chi connectivity index (χ4v) is 3.49. The molecule has 29 heavy (non-hydrogen) atoms. The van der Waals surface area contributed by atoms with Gasteiger partial charge < -0.3 is 14.8 Å². The van der Waals surface area contributed by atoms with E-state index in [1.165, 1.54) is 6.33 Å². The van der Waals surface area contributed by atoms with Crippen LogP contribution >= 0.6 is 11.6 Å². The first-order valence-corrected chi connectivity index (χ1v) is 13.1. The average molecular weight is 426 g/mol. The molecule has 5 nitrogen and oxygen atoms in total. The molecule has 0 atom stereocenters. The maximum Gasteiger partial charge on any atom is 0.162 e. The number of benzene rings is 2. The number of hydrogen-bond donors (Lipinski definition) is 1. The van der Waals surface area contributed by atoms with E-state index in [-0.39, 0.29) is 0 Å². The van der Waals surface area contributed by atoms with Crippen LogP contribution in [0.1, 0.15) is 11.1 Å². The van der Waals surface area contributed by atoms with Gasteiger partial charge in [-0.2, -0.15) is 0 Å². The second-order valence-corrected chi connectivity index (χ2v) is 12.9. The number of hydrogen-bond acceptors (Lipinski definition) is 5. The van der Waals surface area contributed by atoms with Crippen LogP contribution in [0.25, 0.3) is 10.9 Å². The summed E-state index contributed by atoms with van der Waals surface area (Å²) in [7, 11) is 1.71. The zero-order chi connectivity index (χ0) is 21.2. The molecule has 0 bridgehead atoms. The number of ether oxygens (including phenoxy) is 2. The van der Waals surface area contributed by atoms with Crippen LogP contribution in [-0.2, 0) is 0 Å². The molecular formula is C22H24ClN3O2Si. The van der Waals surface area contributed by atoms with Gasteiger partial charge in [0.2, 0.25) is 0 Å². The van der Waals surface area contributed by atoms with Crippen molar-refractivity contribution in [1.82, 2.24) is 9.97 Å². The number of halogens is 1. The van der Waals surface area contributed by atoms with Gasteiger partial charge in [0.25, 0.3) is 0 Å². The maximum atomic E-state index is 6.47. The van der Waals surface area contributed by atoms with E-state index in [4.69, 9.17) is 21.1 Å². The number of methoxy groups -OCH3 is 2. The highest BCUT2D eigenvalue weighted by atomic mass is 35.5. The largest absolute Gasteiger partial charge is 0.493 e. The fourth-order valence-electron chi connectivity index (χ4n) is 2.75.